The lowest BCUT2D eigenvalue weighted by molar-refractivity contribution is 1.04. The molecule has 0 unspecified atom stereocenters. The van der Waals surface area contributed by atoms with Gasteiger partial charge in [-0.2, -0.15) is 4.98 Å². The van der Waals surface area contributed by atoms with Gasteiger partial charge in [-0.15, -0.1) is 0 Å². The van der Waals surface area contributed by atoms with Crippen LogP contribution in [0.3, 0.4) is 0 Å². The lowest BCUT2D eigenvalue weighted by atomic mass is 10.2. The van der Waals surface area contributed by atoms with Gasteiger partial charge >= 0.3 is 0 Å². The molecule has 0 atom stereocenters. The fourth-order valence-electron chi connectivity index (χ4n) is 1.95. The van der Waals surface area contributed by atoms with E-state index < -0.39 is 0 Å². The predicted molar refractivity (Wildman–Crippen MR) is 75.6 cm³/mol. The second-order valence-electron chi connectivity index (χ2n) is 4.30. The summed E-state index contributed by atoms with van der Waals surface area (Å²) in [4.78, 5) is 10.8. The largest absolute Gasteiger partial charge is 0.357 e. The van der Waals surface area contributed by atoms with Crippen molar-refractivity contribution in [2.24, 2.45) is 0 Å². The minimum atomic E-state index is 0.635. The molecule has 4 heteroatoms. The van der Waals surface area contributed by atoms with Gasteiger partial charge in [0.25, 0.3) is 0 Å². The van der Waals surface area contributed by atoms with Crippen molar-refractivity contribution in [1.29, 1.82) is 0 Å². The van der Waals surface area contributed by atoms with Crippen LogP contribution in [0.25, 0.3) is 0 Å². The van der Waals surface area contributed by atoms with Crippen LogP contribution in [0, 0.1) is 13.8 Å². The van der Waals surface area contributed by atoms with E-state index in [0.717, 1.165) is 17.1 Å². The highest BCUT2D eigenvalue weighted by atomic mass is 15.2. The average molecular weight is 242 g/mol. The van der Waals surface area contributed by atoms with E-state index in [9.17, 15) is 0 Å². The smallest absolute Gasteiger partial charge is 0.224 e. The van der Waals surface area contributed by atoms with Crippen LogP contribution >= 0.6 is 0 Å². The molecule has 0 bridgehead atoms. The Morgan fingerprint density at radius 1 is 1.11 bits per heavy atom. The lowest BCUT2D eigenvalue weighted by Gasteiger charge is -2.22. The van der Waals surface area contributed by atoms with Crippen molar-refractivity contribution in [2.75, 3.05) is 24.3 Å². The van der Waals surface area contributed by atoms with Gasteiger partial charge in [-0.3, -0.25) is 0 Å². The zero-order valence-corrected chi connectivity index (χ0v) is 11.2. The number of benzene rings is 1. The minimum Gasteiger partial charge on any atom is -0.357 e. The SMILES string of the molecule is CNc1ncc(C)c(N(C)c2ccccc2C)n1. The molecule has 0 radical (unpaired) electrons. The molecule has 1 heterocycles. The van der Waals surface area contributed by atoms with Gasteiger partial charge < -0.3 is 10.2 Å². The van der Waals surface area contributed by atoms with Gasteiger partial charge in [0.2, 0.25) is 5.95 Å². The summed E-state index contributed by atoms with van der Waals surface area (Å²) in [6.45, 7) is 4.12. The Kier molecular flexibility index (Phi) is 3.46. The highest BCUT2D eigenvalue weighted by molar-refractivity contribution is 5.65. The first kappa shape index (κ1) is 12.4. The molecule has 2 rings (SSSR count). The lowest BCUT2D eigenvalue weighted by Crippen LogP contribution is -2.15. The van der Waals surface area contributed by atoms with Crippen molar-refractivity contribution in [1.82, 2.24) is 9.97 Å². The maximum absolute atomic E-state index is 4.51. The summed E-state index contributed by atoms with van der Waals surface area (Å²) in [5, 5.41) is 2.97. The molecule has 0 saturated heterocycles. The normalized spacial score (nSPS) is 10.2. The number of para-hydroxylation sites is 1. The fourth-order valence-corrected chi connectivity index (χ4v) is 1.95. The number of hydrogen-bond acceptors (Lipinski definition) is 4. The number of hydrogen-bond donors (Lipinski definition) is 1. The Balaban J connectivity index is 2.45. The third-order valence-electron chi connectivity index (χ3n) is 2.96. The van der Waals surface area contributed by atoms with E-state index >= 15 is 0 Å². The van der Waals surface area contributed by atoms with Gasteiger partial charge in [0.1, 0.15) is 5.82 Å². The Morgan fingerprint density at radius 3 is 2.50 bits per heavy atom. The van der Waals surface area contributed by atoms with Crippen LogP contribution in [-0.4, -0.2) is 24.1 Å². The maximum atomic E-state index is 4.51. The Bertz CT molecular complexity index is 551. The summed E-state index contributed by atoms with van der Waals surface area (Å²) < 4.78 is 0. The Hall–Kier alpha value is -2.10. The van der Waals surface area contributed by atoms with Gasteiger partial charge in [-0.05, 0) is 25.5 Å². The van der Waals surface area contributed by atoms with Crippen molar-refractivity contribution >= 4 is 17.5 Å². The minimum absolute atomic E-state index is 0.635. The van der Waals surface area contributed by atoms with Gasteiger partial charge in [-0.1, -0.05) is 18.2 Å². The number of aryl methyl sites for hydroxylation is 2. The molecule has 0 amide bonds. The Morgan fingerprint density at radius 2 is 1.83 bits per heavy atom. The van der Waals surface area contributed by atoms with Crippen LogP contribution in [0.1, 0.15) is 11.1 Å². The van der Waals surface area contributed by atoms with Crippen molar-refractivity contribution in [3.05, 3.63) is 41.6 Å². The van der Waals surface area contributed by atoms with E-state index in [4.69, 9.17) is 0 Å². The van der Waals surface area contributed by atoms with E-state index in [1.54, 1.807) is 0 Å². The van der Waals surface area contributed by atoms with E-state index in [-0.39, 0.29) is 0 Å². The van der Waals surface area contributed by atoms with Crippen LogP contribution < -0.4 is 10.2 Å². The van der Waals surface area contributed by atoms with Gasteiger partial charge in [0, 0.05) is 31.5 Å². The molecule has 0 aliphatic carbocycles. The average Bonchev–Trinajstić information content (AvgIpc) is 2.39. The molecule has 0 aliphatic heterocycles. The summed E-state index contributed by atoms with van der Waals surface area (Å²) in [7, 11) is 3.85. The number of rotatable bonds is 3. The zero-order valence-electron chi connectivity index (χ0n) is 11.2. The fraction of sp³-hybridized carbons (Fsp3) is 0.286. The third-order valence-corrected chi connectivity index (χ3v) is 2.96. The number of nitrogens with one attached hydrogen (secondary N) is 1. The van der Waals surface area contributed by atoms with Crippen molar-refractivity contribution < 1.29 is 0 Å². The maximum Gasteiger partial charge on any atom is 0.224 e. The molecular formula is C14H18N4. The summed E-state index contributed by atoms with van der Waals surface area (Å²) in [6, 6.07) is 8.27. The standard InChI is InChI=1S/C14H18N4/c1-10-7-5-6-8-12(10)18(4)13-11(2)9-16-14(15-3)17-13/h5-9H,1-4H3,(H,15,16,17). The molecule has 1 aromatic carbocycles. The summed E-state index contributed by atoms with van der Waals surface area (Å²) >= 11 is 0. The highest BCUT2D eigenvalue weighted by Crippen LogP contribution is 2.27. The first-order valence-corrected chi connectivity index (χ1v) is 5.94. The monoisotopic (exact) mass is 242 g/mol. The molecule has 0 saturated carbocycles. The van der Waals surface area contributed by atoms with Crippen LogP contribution in [0.15, 0.2) is 30.5 Å². The van der Waals surface area contributed by atoms with E-state index in [0.29, 0.717) is 5.95 Å². The summed E-state index contributed by atoms with van der Waals surface area (Å²) in [5.41, 5.74) is 3.44. The third kappa shape index (κ3) is 2.27. The number of anilines is 3. The molecule has 0 fully saturated rings. The summed E-state index contributed by atoms with van der Waals surface area (Å²) in [6.07, 6.45) is 1.84. The van der Waals surface area contributed by atoms with Gasteiger partial charge in [0.15, 0.2) is 0 Å². The molecule has 94 valence electrons. The number of aromatic nitrogens is 2. The first-order chi connectivity index (χ1) is 8.63. The van der Waals surface area contributed by atoms with Crippen molar-refractivity contribution in [3.63, 3.8) is 0 Å². The van der Waals surface area contributed by atoms with Crippen LogP contribution in [-0.2, 0) is 0 Å². The van der Waals surface area contributed by atoms with Crippen LogP contribution in [0.4, 0.5) is 17.5 Å². The molecule has 0 aliphatic rings. The zero-order chi connectivity index (χ0) is 13.1. The second-order valence-corrected chi connectivity index (χ2v) is 4.30. The van der Waals surface area contributed by atoms with Gasteiger partial charge in [0.05, 0.1) is 0 Å². The van der Waals surface area contributed by atoms with Gasteiger partial charge in [-0.25, -0.2) is 4.98 Å². The predicted octanol–water partition coefficient (Wildman–Crippen LogP) is 2.90. The number of nitrogens with zero attached hydrogens (tertiary/aromatic N) is 3. The molecule has 4 nitrogen and oxygen atoms in total. The topological polar surface area (TPSA) is 41.1 Å². The van der Waals surface area contributed by atoms with E-state index in [2.05, 4.69) is 39.2 Å². The van der Waals surface area contributed by atoms with Crippen LogP contribution in [0.2, 0.25) is 0 Å². The molecule has 1 N–H and O–H groups in total. The Labute approximate surface area is 108 Å². The molecule has 0 spiro atoms. The molecular weight excluding hydrogens is 224 g/mol. The van der Waals surface area contributed by atoms with E-state index in [1.807, 2.05) is 39.3 Å². The molecule has 2 aromatic rings. The highest BCUT2D eigenvalue weighted by Gasteiger charge is 2.11. The molecule has 1 aromatic heterocycles. The second kappa shape index (κ2) is 5.04. The summed E-state index contributed by atoms with van der Waals surface area (Å²) in [5.74, 6) is 1.56. The first-order valence-electron chi connectivity index (χ1n) is 5.94. The molecule has 18 heavy (non-hydrogen) atoms. The quantitative estimate of drug-likeness (QED) is 0.898. The van der Waals surface area contributed by atoms with Crippen molar-refractivity contribution in [3.8, 4) is 0 Å². The van der Waals surface area contributed by atoms with Crippen molar-refractivity contribution in [2.45, 2.75) is 13.8 Å². The van der Waals surface area contributed by atoms with Crippen LogP contribution in [0.5, 0.6) is 0 Å². The van der Waals surface area contributed by atoms with E-state index in [1.165, 1.54) is 5.56 Å².